The average Bonchev–Trinajstić information content (AvgIpc) is 1.69. The zero-order chi connectivity index (χ0) is 5.54. The van der Waals surface area contributed by atoms with Gasteiger partial charge in [-0.05, 0) is 12.8 Å². The van der Waals surface area contributed by atoms with E-state index in [9.17, 15) is 0 Å². The van der Waals surface area contributed by atoms with Crippen molar-refractivity contribution < 1.29 is 0 Å². The van der Waals surface area contributed by atoms with E-state index < -0.39 is 0 Å². The molecule has 0 saturated carbocycles. The van der Waals surface area contributed by atoms with Crippen molar-refractivity contribution in [2.75, 3.05) is 0 Å². The molecule has 1 radical (unpaired) electrons. The van der Waals surface area contributed by atoms with Crippen LogP contribution in [0, 0.1) is 17.9 Å². The molecule has 0 aromatic carbocycles. The molecule has 0 unspecified atom stereocenters. The van der Waals surface area contributed by atoms with E-state index in [-0.39, 0.29) is 0 Å². The predicted molar refractivity (Wildman–Crippen MR) is 28.3 cm³/mol. The van der Waals surface area contributed by atoms with Crippen LogP contribution in [0.3, 0.4) is 0 Å². The molecule has 0 heterocycles. The van der Waals surface area contributed by atoms with Crippen LogP contribution in [0.15, 0.2) is 6.08 Å². The smallest absolute Gasteiger partial charge is 0.0621 e. The summed E-state index contributed by atoms with van der Waals surface area (Å²) >= 11 is 0. The Morgan fingerprint density at radius 1 is 1.71 bits per heavy atom. The summed E-state index contributed by atoms with van der Waals surface area (Å²) in [5.41, 5.74) is 0. The normalized spacial score (nSPS) is 7.29. The molecule has 0 bridgehead atoms. The average molecular weight is 94.1 g/mol. The van der Waals surface area contributed by atoms with Gasteiger partial charge in [0.25, 0.3) is 0 Å². The lowest BCUT2D eigenvalue weighted by atomic mass is 10.2. The summed E-state index contributed by atoms with van der Waals surface area (Å²) in [5.74, 6) is 0. The van der Waals surface area contributed by atoms with E-state index in [1.54, 1.807) is 6.08 Å². The lowest BCUT2D eigenvalue weighted by Crippen LogP contribution is -1.65. The van der Waals surface area contributed by atoms with Gasteiger partial charge in [-0.2, -0.15) is 5.26 Å². The Morgan fingerprint density at radius 3 is 2.86 bits per heavy atom. The standard InChI is InChI=1S/C6H8N/c1-2-3-4-5-6-7/h1-2H,3-5H2. The van der Waals surface area contributed by atoms with Crippen molar-refractivity contribution in [1.29, 1.82) is 5.26 Å². The first-order valence-corrected chi connectivity index (χ1v) is 2.32. The molecule has 0 aliphatic heterocycles. The maximum Gasteiger partial charge on any atom is 0.0621 e. The van der Waals surface area contributed by atoms with Crippen LogP contribution in [0.25, 0.3) is 0 Å². The maximum absolute atomic E-state index is 7.99. The molecule has 0 amide bonds. The highest BCUT2D eigenvalue weighted by atomic mass is 14.2. The van der Waals surface area contributed by atoms with Gasteiger partial charge in [0.05, 0.1) is 6.07 Å². The van der Waals surface area contributed by atoms with Gasteiger partial charge < -0.3 is 0 Å². The molecule has 0 atom stereocenters. The lowest BCUT2D eigenvalue weighted by Gasteiger charge is -1.80. The van der Waals surface area contributed by atoms with Crippen molar-refractivity contribution in [2.24, 2.45) is 0 Å². The first-order chi connectivity index (χ1) is 3.41. The zero-order valence-corrected chi connectivity index (χ0v) is 4.22. The fourth-order valence-corrected chi connectivity index (χ4v) is 0.299. The van der Waals surface area contributed by atoms with E-state index in [4.69, 9.17) is 11.8 Å². The van der Waals surface area contributed by atoms with Gasteiger partial charge in [0, 0.05) is 6.42 Å². The van der Waals surface area contributed by atoms with Crippen molar-refractivity contribution in [1.82, 2.24) is 0 Å². The third kappa shape index (κ3) is 5.23. The monoisotopic (exact) mass is 94.1 g/mol. The molecule has 0 fully saturated rings. The molecule has 0 saturated heterocycles. The highest BCUT2D eigenvalue weighted by Gasteiger charge is 1.76. The molecular weight excluding hydrogens is 86.1 g/mol. The molecular formula is C6H8N. The minimum Gasteiger partial charge on any atom is -0.198 e. The van der Waals surface area contributed by atoms with Crippen LogP contribution < -0.4 is 0 Å². The van der Waals surface area contributed by atoms with Gasteiger partial charge in [0.1, 0.15) is 0 Å². The molecule has 0 N–H and O–H groups in total. The summed E-state index contributed by atoms with van der Waals surface area (Å²) in [6.07, 6.45) is 3.95. The first kappa shape index (κ1) is 6.23. The van der Waals surface area contributed by atoms with Crippen LogP contribution in [0.4, 0.5) is 0 Å². The van der Waals surface area contributed by atoms with Crippen LogP contribution in [0.1, 0.15) is 19.3 Å². The van der Waals surface area contributed by atoms with Crippen LogP contribution in [-0.4, -0.2) is 0 Å². The maximum atomic E-state index is 7.99. The van der Waals surface area contributed by atoms with Gasteiger partial charge >= 0.3 is 0 Å². The number of unbranched alkanes of at least 4 members (excludes halogenated alkanes) is 2. The van der Waals surface area contributed by atoms with Crippen molar-refractivity contribution >= 4 is 0 Å². The van der Waals surface area contributed by atoms with Crippen molar-refractivity contribution in [2.45, 2.75) is 19.3 Å². The SMILES string of the molecule is [CH]=CCCCC#N. The second-order valence-electron chi connectivity index (χ2n) is 1.29. The number of hydrogen-bond acceptors (Lipinski definition) is 1. The largest absolute Gasteiger partial charge is 0.198 e. The van der Waals surface area contributed by atoms with E-state index in [1.807, 2.05) is 6.07 Å². The number of nitrogens with zero attached hydrogens (tertiary/aromatic N) is 1. The van der Waals surface area contributed by atoms with Gasteiger partial charge in [-0.3, -0.25) is 0 Å². The fraction of sp³-hybridized carbons (Fsp3) is 0.500. The van der Waals surface area contributed by atoms with Gasteiger partial charge in [-0.25, -0.2) is 0 Å². The van der Waals surface area contributed by atoms with Crippen molar-refractivity contribution in [3.05, 3.63) is 12.7 Å². The Kier molecular flexibility index (Phi) is 4.65. The Labute approximate surface area is 44.3 Å². The molecule has 0 rings (SSSR count). The molecule has 0 aromatic heterocycles. The van der Waals surface area contributed by atoms with E-state index in [2.05, 4.69) is 0 Å². The van der Waals surface area contributed by atoms with Gasteiger partial charge in [0.15, 0.2) is 0 Å². The van der Waals surface area contributed by atoms with Crippen LogP contribution in [0.2, 0.25) is 0 Å². The van der Waals surface area contributed by atoms with E-state index in [0.717, 1.165) is 12.8 Å². The number of nitriles is 1. The molecule has 1 nitrogen and oxygen atoms in total. The van der Waals surface area contributed by atoms with Crippen molar-refractivity contribution in [3.8, 4) is 6.07 Å². The third-order valence-corrected chi connectivity index (χ3v) is 0.659. The van der Waals surface area contributed by atoms with Gasteiger partial charge in [-0.15, -0.1) is 0 Å². The Bertz CT molecular complexity index is 78.7. The van der Waals surface area contributed by atoms with E-state index in [1.165, 1.54) is 0 Å². The quantitative estimate of drug-likeness (QED) is 0.488. The molecule has 0 aliphatic rings. The number of hydrogen-bond donors (Lipinski definition) is 0. The summed E-state index contributed by atoms with van der Waals surface area (Å²) < 4.78 is 0. The first-order valence-electron chi connectivity index (χ1n) is 2.32. The molecule has 0 spiro atoms. The lowest BCUT2D eigenvalue weighted by molar-refractivity contribution is 0.877. The van der Waals surface area contributed by atoms with Crippen LogP contribution >= 0.6 is 0 Å². The molecule has 1 heteroatoms. The third-order valence-electron chi connectivity index (χ3n) is 0.659. The van der Waals surface area contributed by atoms with Crippen LogP contribution in [-0.2, 0) is 0 Å². The van der Waals surface area contributed by atoms with Crippen molar-refractivity contribution in [3.63, 3.8) is 0 Å². The molecule has 37 valence electrons. The zero-order valence-electron chi connectivity index (χ0n) is 4.22. The summed E-state index contributed by atoms with van der Waals surface area (Å²) in [4.78, 5) is 0. The summed E-state index contributed by atoms with van der Waals surface area (Å²) in [6, 6.07) is 2.03. The van der Waals surface area contributed by atoms with Gasteiger partial charge in [-0.1, -0.05) is 12.7 Å². The summed E-state index contributed by atoms with van der Waals surface area (Å²) in [6.45, 7) is 5.03. The number of rotatable bonds is 3. The fourth-order valence-electron chi connectivity index (χ4n) is 0.299. The Hall–Kier alpha value is -0.770. The topological polar surface area (TPSA) is 23.8 Å². The second kappa shape index (κ2) is 5.23. The Balaban J connectivity index is 2.72. The molecule has 0 aromatic rings. The van der Waals surface area contributed by atoms with Gasteiger partial charge in [0.2, 0.25) is 0 Å². The highest BCUT2D eigenvalue weighted by Crippen LogP contribution is 1.91. The van der Waals surface area contributed by atoms with E-state index in [0.29, 0.717) is 6.42 Å². The van der Waals surface area contributed by atoms with Crippen LogP contribution in [0.5, 0.6) is 0 Å². The second-order valence-corrected chi connectivity index (χ2v) is 1.29. The minimum atomic E-state index is 0.619. The predicted octanol–water partition coefficient (Wildman–Crippen LogP) is 1.67. The summed E-state index contributed by atoms with van der Waals surface area (Å²) in [7, 11) is 0. The number of allylic oxidation sites excluding steroid dienone is 1. The Morgan fingerprint density at radius 2 is 2.43 bits per heavy atom. The summed E-state index contributed by atoms with van der Waals surface area (Å²) in [5, 5.41) is 7.99. The van der Waals surface area contributed by atoms with E-state index >= 15 is 0 Å². The molecule has 7 heavy (non-hydrogen) atoms. The highest BCUT2D eigenvalue weighted by molar-refractivity contribution is 4.71. The molecule has 0 aliphatic carbocycles. The minimum absolute atomic E-state index is 0.619.